The van der Waals surface area contributed by atoms with Crippen LogP contribution in [-0.2, 0) is 24.0 Å². The molecule has 0 bridgehead atoms. The molecule has 1 saturated heterocycles. The van der Waals surface area contributed by atoms with Gasteiger partial charge >= 0.3 is 0 Å². The van der Waals surface area contributed by atoms with Gasteiger partial charge in [0, 0.05) is 25.8 Å². The monoisotopic (exact) mass is 343 g/mol. The molecule has 3 aromatic rings. The second kappa shape index (κ2) is 7.06. The third-order valence-electron chi connectivity index (χ3n) is 5.51. The predicted octanol–water partition coefficient (Wildman–Crippen LogP) is 4.18. The van der Waals surface area contributed by atoms with Crippen LogP contribution in [0.1, 0.15) is 16.7 Å². The Morgan fingerprint density at radius 1 is 0.538 bits per heavy atom. The van der Waals surface area contributed by atoms with Crippen molar-refractivity contribution in [3.05, 3.63) is 108 Å². The smallest absolute Gasteiger partial charge is 0.115 e. The number of hydrogen-bond donors (Lipinski definition) is 1. The SMILES string of the molecule is NC[C@]1(Cc2ccccc2)OC1(Cc1ccccc1)Cc1ccccc1. The average molecular weight is 343 g/mol. The Hall–Kier alpha value is -2.42. The molecule has 1 aliphatic rings. The topological polar surface area (TPSA) is 38.5 Å². The molecule has 2 N–H and O–H groups in total. The lowest BCUT2D eigenvalue weighted by Gasteiger charge is -2.20. The van der Waals surface area contributed by atoms with Crippen molar-refractivity contribution in [1.29, 1.82) is 0 Å². The molecule has 0 amide bonds. The molecule has 1 heterocycles. The molecule has 0 saturated carbocycles. The van der Waals surface area contributed by atoms with Crippen LogP contribution in [0.3, 0.4) is 0 Å². The summed E-state index contributed by atoms with van der Waals surface area (Å²) in [5, 5.41) is 0. The first-order valence-electron chi connectivity index (χ1n) is 9.27. The van der Waals surface area contributed by atoms with E-state index in [1.54, 1.807) is 0 Å². The number of rotatable bonds is 7. The molecule has 0 aliphatic carbocycles. The fourth-order valence-electron chi connectivity index (χ4n) is 4.08. The summed E-state index contributed by atoms with van der Waals surface area (Å²) >= 11 is 0. The maximum absolute atomic E-state index is 6.53. The molecule has 1 atom stereocenters. The van der Waals surface area contributed by atoms with Crippen LogP contribution in [0.2, 0.25) is 0 Å². The molecule has 0 unspecified atom stereocenters. The lowest BCUT2D eigenvalue weighted by Crippen LogP contribution is -2.38. The van der Waals surface area contributed by atoms with E-state index in [2.05, 4.69) is 84.9 Å². The van der Waals surface area contributed by atoms with Gasteiger partial charge in [0.15, 0.2) is 0 Å². The minimum atomic E-state index is -0.306. The second-order valence-electron chi connectivity index (χ2n) is 7.28. The number of nitrogens with two attached hydrogens (primary N) is 1. The third kappa shape index (κ3) is 3.31. The van der Waals surface area contributed by atoms with Crippen LogP contribution < -0.4 is 5.73 Å². The number of epoxide rings is 1. The third-order valence-corrected chi connectivity index (χ3v) is 5.51. The van der Waals surface area contributed by atoms with Crippen LogP contribution in [-0.4, -0.2) is 17.7 Å². The van der Waals surface area contributed by atoms with Gasteiger partial charge < -0.3 is 10.5 Å². The summed E-state index contributed by atoms with van der Waals surface area (Å²) in [5.74, 6) is 0. The quantitative estimate of drug-likeness (QED) is 0.654. The fraction of sp³-hybridized carbons (Fsp3) is 0.250. The van der Waals surface area contributed by atoms with Gasteiger partial charge in [-0.3, -0.25) is 0 Å². The molecule has 1 aliphatic heterocycles. The molecule has 4 rings (SSSR count). The molecular formula is C24H25NO. The van der Waals surface area contributed by atoms with E-state index < -0.39 is 0 Å². The van der Waals surface area contributed by atoms with Crippen LogP contribution in [0.25, 0.3) is 0 Å². The Morgan fingerprint density at radius 3 is 1.23 bits per heavy atom. The molecular weight excluding hydrogens is 318 g/mol. The highest BCUT2D eigenvalue weighted by Gasteiger charge is 2.68. The van der Waals surface area contributed by atoms with E-state index in [0.29, 0.717) is 6.54 Å². The van der Waals surface area contributed by atoms with E-state index in [9.17, 15) is 0 Å². The minimum absolute atomic E-state index is 0.250. The Morgan fingerprint density at radius 2 is 0.885 bits per heavy atom. The lowest BCUT2D eigenvalue weighted by molar-refractivity contribution is 0.259. The van der Waals surface area contributed by atoms with E-state index in [1.165, 1.54) is 16.7 Å². The standard InChI is InChI=1S/C24H25NO/c25-19-24(18-22-14-8-3-9-15-22)23(26-24,16-20-10-4-1-5-11-20)17-21-12-6-2-7-13-21/h1-15H,16-19,25H2/t24-/m0/s1. The zero-order valence-electron chi connectivity index (χ0n) is 15.0. The number of benzene rings is 3. The molecule has 0 aromatic heterocycles. The highest BCUT2D eigenvalue weighted by molar-refractivity contribution is 5.33. The van der Waals surface area contributed by atoms with Crippen LogP contribution in [0.4, 0.5) is 0 Å². The first kappa shape index (κ1) is 17.0. The van der Waals surface area contributed by atoms with Crippen molar-refractivity contribution >= 4 is 0 Å². The first-order chi connectivity index (χ1) is 12.8. The predicted molar refractivity (Wildman–Crippen MR) is 106 cm³/mol. The largest absolute Gasteiger partial charge is 0.360 e. The van der Waals surface area contributed by atoms with Crippen LogP contribution >= 0.6 is 0 Å². The van der Waals surface area contributed by atoms with Gasteiger partial charge in [0.25, 0.3) is 0 Å². The van der Waals surface area contributed by atoms with Gasteiger partial charge in [0.05, 0.1) is 0 Å². The van der Waals surface area contributed by atoms with E-state index in [1.807, 2.05) is 6.07 Å². The van der Waals surface area contributed by atoms with E-state index in [0.717, 1.165) is 19.3 Å². The van der Waals surface area contributed by atoms with Crippen molar-refractivity contribution in [2.75, 3.05) is 6.54 Å². The summed E-state index contributed by atoms with van der Waals surface area (Å²) in [7, 11) is 0. The van der Waals surface area contributed by atoms with Crippen molar-refractivity contribution in [3.63, 3.8) is 0 Å². The molecule has 1 fully saturated rings. The van der Waals surface area contributed by atoms with Gasteiger partial charge in [-0.2, -0.15) is 0 Å². The molecule has 2 nitrogen and oxygen atoms in total. The Kier molecular flexibility index (Phi) is 4.62. The Labute approximate surface area is 155 Å². The van der Waals surface area contributed by atoms with Crippen molar-refractivity contribution in [1.82, 2.24) is 0 Å². The van der Waals surface area contributed by atoms with E-state index in [4.69, 9.17) is 10.5 Å². The zero-order valence-corrected chi connectivity index (χ0v) is 15.0. The van der Waals surface area contributed by atoms with E-state index >= 15 is 0 Å². The van der Waals surface area contributed by atoms with Crippen molar-refractivity contribution in [2.45, 2.75) is 30.5 Å². The number of hydrogen-bond acceptors (Lipinski definition) is 2. The summed E-state index contributed by atoms with van der Waals surface area (Å²) in [6, 6.07) is 31.7. The minimum Gasteiger partial charge on any atom is -0.360 e. The summed E-state index contributed by atoms with van der Waals surface area (Å²) < 4.78 is 6.53. The van der Waals surface area contributed by atoms with Crippen LogP contribution in [0.15, 0.2) is 91.0 Å². The molecule has 132 valence electrons. The maximum atomic E-state index is 6.53. The highest BCUT2D eigenvalue weighted by atomic mass is 16.6. The summed E-state index contributed by atoms with van der Waals surface area (Å²) in [6.45, 7) is 0.529. The first-order valence-corrected chi connectivity index (χ1v) is 9.27. The molecule has 0 spiro atoms. The van der Waals surface area contributed by atoms with Crippen molar-refractivity contribution in [3.8, 4) is 0 Å². The van der Waals surface area contributed by atoms with Gasteiger partial charge in [0.1, 0.15) is 11.2 Å². The highest BCUT2D eigenvalue weighted by Crippen LogP contribution is 2.53. The summed E-state index contributed by atoms with van der Waals surface area (Å²) in [6.07, 6.45) is 2.61. The summed E-state index contributed by atoms with van der Waals surface area (Å²) in [4.78, 5) is 0. The normalized spacial score (nSPS) is 20.7. The van der Waals surface area contributed by atoms with E-state index in [-0.39, 0.29) is 11.2 Å². The number of ether oxygens (including phenoxy) is 1. The van der Waals surface area contributed by atoms with Gasteiger partial charge in [-0.05, 0) is 16.7 Å². The van der Waals surface area contributed by atoms with Crippen molar-refractivity contribution in [2.24, 2.45) is 5.73 Å². The van der Waals surface area contributed by atoms with Gasteiger partial charge in [-0.1, -0.05) is 91.0 Å². The summed E-state index contributed by atoms with van der Waals surface area (Å²) in [5.41, 5.74) is 9.59. The zero-order chi connectivity index (χ0) is 17.9. The molecule has 2 heteroatoms. The Balaban J connectivity index is 1.65. The molecule has 0 radical (unpaired) electrons. The van der Waals surface area contributed by atoms with Crippen LogP contribution in [0.5, 0.6) is 0 Å². The molecule has 26 heavy (non-hydrogen) atoms. The average Bonchev–Trinajstić information content (AvgIpc) is 3.29. The van der Waals surface area contributed by atoms with Gasteiger partial charge in [-0.25, -0.2) is 0 Å². The van der Waals surface area contributed by atoms with Crippen molar-refractivity contribution < 1.29 is 4.74 Å². The Bertz CT molecular complexity index is 790. The second-order valence-corrected chi connectivity index (χ2v) is 7.28. The lowest BCUT2D eigenvalue weighted by atomic mass is 9.79. The van der Waals surface area contributed by atoms with Gasteiger partial charge in [0.2, 0.25) is 0 Å². The van der Waals surface area contributed by atoms with Crippen LogP contribution in [0, 0.1) is 0 Å². The van der Waals surface area contributed by atoms with Gasteiger partial charge in [-0.15, -0.1) is 0 Å². The fourth-order valence-corrected chi connectivity index (χ4v) is 4.08. The maximum Gasteiger partial charge on any atom is 0.115 e. The molecule has 3 aromatic carbocycles.